The van der Waals surface area contributed by atoms with Crippen LogP contribution >= 0.6 is 11.6 Å². The van der Waals surface area contributed by atoms with Gasteiger partial charge in [0.05, 0.1) is 10.7 Å². The molecule has 2 aromatic carbocycles. The van der Waals surface area contributed by atoms with Crippen LogP contribution in [0.4, 0.5) is 5.69 Å². The zero-order valence-corrected chi connectivity index (χ0v) is 13.3. The highest BCUT2D eigenvalue weighted by Gasteiger charge is 2.12. The van der Waals surface area contributed by atoms with Crippen molar-refractivity contribution in [1.82, 2.24) is 9.78 Å². The molecule has 122 valence electrons. The van der Waals surface area contributed by atoms with Gasteiger partial charge in [-0.2, -0.15) is 5.10 Å². The first-order chi connectivity index (χ1) is 11.6. The minimum absolute atomic E-state index is 0.00710. The molecule has 0 saturated carbocycles. The van der Waals surface area contributed by atoms with E-state index in [1.807, 2.05) is 12.1 Å². The lowest BCUT2D eigenvalue weighted by atomic mass is 10.3. The molecule has 0 fully saturated rings. The Labute approximate surface area is 143 Å². The summed E-state index contributed by atoms with van der Waals surface area (Å²) in [5.74, 6) is 0.107. The summed E-state index contributed by atoms with van der Waals surface area (Å²) in [6, 6.07) is 15.1. The van der Waals surface area contributed by atoms with Crippen molar-refractivity contribution in [3.05, 3.63) is 71.5 Å². The molecule has 3 aromatic rings. The van der Waals surface area contributed by atoms with E-state index in [1.54, 1.807) is 42.6 Å². The van der Waals surface area contributed by atoms with Crippen molar-refractivity contribution < 1.29 is 14.6 Å². The molecular weight excluding hydrogens is 330 g/mol. The van der Waals surface area contributed by atoms with E-state index in [0.717, 1.165) is 0 Å². The van der Waals surface area contributed by atoms with Crippen LogP contribution in [0.2, 0.25) is 5.02 Å². The van der Waals surface area contributed by atoms with Crippen LogP contribution in [0.5, 0.6) is 11.5 Å². The SMILES string of the molecule is O=C(Nc1ccccc1O)c1ccn(COc2ccccc2Cl)n1. The Morgan fingerprint density at radius 3 is 2.71 bits per heavy atom. The number of carbonyl (C=O) groups excluding carboxylic acids is 1. The van der Waals surface area contributed by atoms with E-state index in [4.69, 9.17) is 16.3 Å². The van der Waals surface area contributed by atoms with E-state index in [9.17, 15) is 9.90 Å². The third-order valence-electron chi connectivity index (χ3n) is 3.21. The summed E-state index contributed by atoms with van der Waals surface area (Å²) in [5.41, 5.74) is 0.533. The predicted octanol–water partition coefficient (Wildman–Crippen LogP) is 3.53. The van der Waals surface area contributed by atoms with Gasteiger partial charge in [0, 0.05) is 6.20 Å². The molecule has 0 aliphatic rings. The number of para-hydroxylation sites is 3. The van der Waals surface area contributed by atoms with Crippen molar-refractivity contribution in [2.24, 2.45) is 0 Å². The average molecular weight is 344 g/mol. The second-order valence-electron chi connectivity index (χ2n) is 4.92. The maximum atomic E-state index is 12.1. The summed E-state index contributed by atoms with van der Waals surface area (Å²) in [7, 11) is 0. The number of nitrogens with one attached hydrogen (secondary N) is 1. The average Bonchev–Trinajstić information content (AvgIpc) is 3.05. The maximum absolute atomic E-state index is 12.1. The monoisotopic (exact) mass is 343 g/mol. The van der Waals surface area contributed by atoms with Crippen molar-refractivity contribution in [2.45, 2.75) is 6.73 Å². The summed E-state index contributed by atoms with van der Waals surface area (Å²) in [4.78, 5) is 12.1. The summed E-state index contributed by atoms with van der Waals surface area (Å²) in [6.45, 7) is 0.119. The summed E-state index contributed by atoms with van der Waals surface area (Å²) in [6.07, 6.45) is 1.62. The molecule has 0 spiro atoms. The fraction of sp³-hybridized carbons (Fsp3) is 0.0588. The van der Waals surface area contributed by atoms with E-state index < -0.39 is 5.91 Å². The Bertz CT molecular complexity index is 864. The van der Waals surface area contributed by atoms with Crippen LogP contribution in [-0.4, -0.2) is 20.8 Å². The normalized spacial score (nSPS) is 10.4. The molecule has 0 aliphatic carbocycles. The number of carbonyl (C=O) groups is 1. The topological polar surface area (TPSA) is 76.4 Å². The highest BCUT2D eigenvalue weighted by Crippen LogP contribution is 2.23. The number of benzene rings is 2. The Balaban J connectivity index is 1.64. The number of halogens is 1. The Morgan fingerprint density at radius 1 is 1.17 bits per heavy atom. The molecule has 0 bridgehead atoms. The summed E-state index contributed by atoms with van der Waals surface area (Å²) >= 11 is 6.01. The van der Waals surface area contributed by atoms with Gasteiger partial charge < -0.3 is 15.2 Å². The molecule has 0 unspecified atom stereocenters. The highest BCUT2D eigenvalue weighted by atomic mass is 35.5. The fourth-order valence-corrected chi connectivity index (χ4v) is 2.21. The van der Waals surface area contributed by atoms with Gasteiger partial charge >= 0.3 is 0 Å². The van der Waals surface area contributed by atoms with Crippen molar-refractivity contribution in [3.63, 3.8) is 0 Å². The first kappa shape index (κ1) is 15.9. The predicted molar refractivity (Wildman–Crippen MR) is 90.4 cm³/mol. The van der Waals surface area contributed by atoms with Gasteiger partial charge in [-0.1, -0.05) is 35.9 Å². The minimum Gasteiger partial charge on any atom is -0.506 e. The molecule has 3 rings (SSSR count). The van der Waals surface area contributed by atoms with Gasteiger partial charge in [-0.3, -0.25) is 4.79 Å². The zero-order valence-electron chi connectivity index (χ0n) is 12.5. The van der Waals surface area contributed by atoms with Crippen LogP contribution in [0.15, 0.2) is 60.8 Å². The number of hydrogen-bond acceptors (Lipinski definition) is 4. The number of hydrogen-bond donors (Lipinski definition) is 2. The molecule has 7 heteroatoms. The Morgan fingerprint density at radius 2 is 1.92 bits per heavy atom. The van der Waals surface area contributed by atoms with E-state index in [0.29, 0.717) is 16.5 Å². The molecule has 1 heterocycles. The number of nitrogens with zero attached hydrogens (tertiary/aromatic N) is 2. The van der Waals surface area contributed by atoms with Crippen molar-refractivity contribution in [3.8, 4) is 11.5 Å². The van der Waals surface area contributed by atoms with Crippen molar-refractivity contribution in [2.75, 3.05) is 5.32 Å². The number of ether oxygens (including phenoxy) is 1. The first-order valence-corrected chi connectivity index (χ1v) is 7.51. The smallest absolute Gasteiger partial charge is 0.276 e. The van der Waals surface area contributed by atoms with Gasteiger partial charge in [-0.25, -0.2) is 4.68 Å². The second kappa shape index (κ2) is 7.06. The fourth-order valence-electron chi connectivity index (χ4n) is 2.02. The largest absolute Gasteiger partial charge is 0.506 e. The molecule has 0 saturated heterocycles. The van der Waals surface area contributed by atoms with Crippen LogP contribution in [0.25, 0.3) is 0 Å². The lowest BCUT2D eigenvalue weighted by Crippen LogP contribution is -2.14. The lowest BCUT2D eigenvalue weighted by molar-refractivity contribution is 0.102. The Hall–Kier alpha value is -2.99. The van der Waals surface area contributed by atoms with Gasteiger partial charge in [-0.05, 0) is 30.3 Å². The molecule has 0 radical (unpaired) electrons. The lowest BCUT2D eigenvalue weighted by Gasteiger charge is -2.07. The molecule has 2 N–H and O–H groups in total. The van der Waals surface area contributed by atoms with E-state index >= 15 is 0 Å². The number of phenols is 1. The molecule has 0 aliphatic heterocycles. The summed E-state index contributed by atoms with van der Waals surface area (Å²) in [5, 5.41) is 16.9. The van der Waals surface area contributed by atoms with Gasteiger partial charge in [-0.15, -0.1) is 0 Å². The van der Waals surface area contributed by atoms with Crippen LogP contribution in [-0.2, 0) is 6.73 Å². The van der Waals surface area contributed by atoms with Crippen molar-refractivity contribution in [1.29, 1.82) is 0 Å². The minimum atomic E-state index is -0.423. The third-order valence-corrected chi connectivity index (χ3v) is 3.53. The number of rotatable bonds is 5. The van der Waals surface area contributed by atoms with E-state index in [1.165, 1.54) is 10.7 Å². The van der Waals surface area contributed by atoms with Crippen molar-refractivity contribution >= 4 is 23.2 Å². The molecule has 1 amide bonds. The molecule has 24 heavy (non-hydrogen) atoms. The maximum Gasteiger partial charge on any atom is 0.276 e. The molecular formula is C17H14ClN3O3. The van der Waals surface area contributed by atoms with E-state index in [-0.39, 0.29) is 18.2 Å². The number of phenolic OH excluding ortho intramolecular Hbond substituents is 1. The quantitative estimate of drug-likeness (QED) is 0.695. The second-order valence-corrected chi connectivity index (χ2v) is 5.32. The van der Waals surface area contributed by atoms with Gasteiger partial charge in [0.15, 0.2) is 12.4 Å². The van der Waals surface area contributed by atoms with Gasteiger partial charge in [0.2, 0.25) is 0 Å². The van der Waals surface area contributed by atoms with Gasteiger partial charge in [0.1, 0.15) is 11.5 Å². The first-order valence-electron chi connectivity index (χ1n) is 7.13. The Kier molecular flexibility index (Phi) is 4.67. The molecule has 6 nitrogen and oxygen atoms in total. The van der Waals surface area contributed by atoms with Crippen LogP contribution in [0.1, 0.15) is 10.5 Å². The standard InChI is InChI=1S/C17H14ClN3O3/c18-12-5-1-4-8-16(12)24-11-21-10-9-14(20-21)17(23)19-13-6-2-3-7-15(13)22/h1-10,22H,11H2,(H,19,23). The third kappa shape index (κ3) is 3.67. The molecule has 1 aromatic heterocycles. The number of aromatic nitrogens is 2. The van der Waals surface area contributed by atoms with Gasteiger partial charge in [0.25, 0.3) is 5.91 Å². The zero-order chi connectivity index (χ0) is 16.9. The summed E-state index contributed by atoms with van der Waals surface area (Å²) < 4.78 is 7.03. The van der Waals surface area contributed by atoms with Crippen LogP contribution < -0.4 is 10.1 Å². The highest BCUT2D eigenvalue weighted by molar-refractivity contribution is 6.32. The molecule has 0 atom stereocenters. The van der Waals surface area contributed by atoms with E-state index in [2.05, 4.69) is 10.4 Å². The number of aromatic hydroxyl groups is 1. The van der Waals surface area contributed by atoms with Crippen LogP contribution in [0.3, 0.4) is 0 Å². The number of anilines is 1. The number of amides is 1. The van der Waals surface area contributed by atoms with Crippen LogP contribution in [0, 0.1) is 0 Å².